The van der Waals surface area contributed by atoms with Crippen molar-refractivity contribution in [3.05, 3.63) is 52.8 Å². The van der Waals surface area contributed by atoms with Crippen molar-refractivity contribution in [2.45, 2.75) is 38.0 Å². The van der Waals surface area contributed by atoms with E-state index in [9.17, 15) is 4.79 Å². The molecule has 6 rings (SSSR count). The number of benzene rings is 1. The molecule has 1 N–H and O–H groups in total. The molecule has 2 aliphatic heterocycles. The predicted molar refractivity (Wildman–Crippen MR) is 121 cm³/mol. The summed E-state index contributed by atoms with van der Waals surface area (Å²) in [6.45, 7) is 4.86. The molecule has 0 bridgehead atoms. The number of aromatic nitrogens is 6. The Morgan fingerprint density at radius 3 is 2.82 bits per heavy atom. The van der Waals surface area contributed by atoms with Crippen molar-refractivity contribution in [3.8, 4) is 6.01 Å². The van der Waals surface area contributed by atoms with Gasteiger partial charge in [-0.15, -0.1) is 0 Å². The molecule has 10 heteroatoms. The van der Waals surface area contributed by atoms with Crippen LogP contribution in [0, 0.1) is 0 Å². The number of likely N-dealkylation sites (tertiary alicyclic amines) is 1. The average molecular weight is 447 g/mol. The Bertz CT molecular complexity index is 1360. The molecular weight excluding hydrogens is 422 g/mol. The highest BCUT2D eigenvalue weighted by Gasteiger charge is 2.34. The first-order valence-electron chi connectivity index (χ1n) is 11.3. The quantitative estimate of drug-likeness (QED) is 0.496. The lowest BCUT2D eigenvalue weighted by atomic mass is 10.1. The molecule has 4 aromatic rings. The van der Waals surface area contributed by atoms with E-state index in [1.54, 1.807) is 12.4 Å². The van der Waals surface area contributed by atoms with Gasteiger partial charge in [-0.1, -0.05) is 18.2 Å². The fourth-order valence-electron chi connectivity index (χ4n) is 4.54. The van der Waals surface area contributed by atoms with Crippen molar-refractivity contribution >= 4 is 21.9 Å². The van der Waals surface area contributed by atoms with Gasteiger partial charge < -0.3 is 14.5 Å². The number of H-pyrrole nitrogens is 1. The molecule has 0 aliphatic carbocycles. The average Bonchev–Trinajstić information content (AvgIpc) is 3.26. The zero-order valence-corrected chi connectivity index (χ0v) is 18.3. The van der Waals surface area contributed by atoms with E-state index in [2.05, 4.69) is 25.0 Å². The lowest BCUT2D eigenvalue weighted by Crippen LogP contribution is -2.54. The third-order valence-corrected chi connectivity index (χ3v) is 6.58. The molecule has 1 atom stereocenters. The fraction of sp³-hybridized carbons (Fsp3) is 0.435. The van der Waals surface area contributed by atoms with Gasteiger partial charge in [0.05, 0.1) is 23.8 Å². The van der Waals surface area contributed by atoms with Crippen LogP contribution < -0.4 is 10.3 Å². The maximum absolute atomic E-state index is 12.7. The molecule has 1 unspecified atom stereocenters. The van der Waals surface area contributed by atoms with Gasteiger partial charge in [-0.2, -0.15) is 10.1 Å². The van der Waals surface area contributed by atoms with Crippen LogP contribution in [-0.2, 0) is 4.74 Å². The maximum Gasteiger partial charge on any atom is 0.317 e. The summed E-state index contributed by atoms with van der Waals surface area (Å²) in [5.41, 5.74) is 1.35. The number of nitrogens with zero attached hydrogens (tertiary/aromatic N) is 6. The highest BCUT2D eigenvalue weighted by Crippen LogP contribution is 2.27. The monoisotopic (exact) mass is 447 g/mol. The van der Waals surface area contributed by atoms with Crippen LogP contribution in [0.2, 0.25) is 0 Å². The number of para-hydroxylation sites is 1. The summed E-state index contributed by atoms with van der Waals surface area (Å²) in [6, 6.07) is 8.37. The summed E-state index contributed by atoms with van der Waals surface area (Å²) in [4.78, 5) is 31.5. The number of fused-ring (bicyclic) bond motifs is 2. The first kappa shape index (κ1) is 20.3. The Kier molecular flexibility index (Phi) is 5.03. The Morgan fingerprint density at radius 2 is 1.97 bits per heavy atom. The van der Waals surface area contributed by atoms with Crippen LogP contribution in [0.1, 0.15) is 37.7 Å². The van der Waals surface area contributed by atoms with Gasteiger partial charge in [0, 0.05) is 37.9 Å². The molecule has 0 spiro atoms. The van der Waals surface area contributed by atoms with E-state index in [0.29, 0.717) is 49.2 Å². The lowest BCUT2D eigenvalue weighted by Gasteiger charge is -2.41. The van der Waals surface area contributed by atoms with Crippen LogP contribution in [0.4, 0.5) is 0 Å². The predicted octanol–water partition coefficient (Wildman–Crippen LogP) is 2.24. The molecule has 2 fully saturated rings. The van der Waals surface area contributed by atoms with Crippen LogP contribution in [0.25, 0.3) is 21.9 Å². The van der Waals surface area contributed by atoms with Gasteiger partial charge in [0.1, 0.15) is 17.3 Å². The molecule has 0 radical (unpaired) electrons. The van der Waals surface area contributed by atoms with Crippen molar-refractivity contribution in [3.63, 3.8) is 0 Å². The minimum Gasteiger partial charge on any atom is -0.457 e. The largest absolute Gasteiger partial charge is 0.457 e. The van der Waals surface area contributed by atoms with E-state index < -0.39 is 0 Å². The zero-order valence-electron chi connectivity index (χ0n) is 18.3. The third kappa shape index (κ3) is 3.75. The second-order valence-electron chi connectivity index (χ2n) is 8.70. The fourth-order valence-corrected chi connectivity index (χ4v) is 4.54. The molecule has 33 heavy (non-hydrogen) atoms. The minimum atomic E-state index is -0.155. The van der Waals surface area contributed by atoms with Crippen LogP contribution in [-0.4, -0.2) is 67.0 Å². The van der Waals surface area contributed by atoms with Crippen molar-refractivity contribution in [2.24, 2.45) is 0 Å². The third-order valence-electron chi connectivity index (χ3n) is 6.58. The van der Waals surface area contributed by atoms with Crippen LogP contribution in [0.15, 0.2) is 41.5 Å². The van der Waals surface area contributed by atoms with Gasteiger partial charge in [0.15, 0.2) is 5.65 Å². The van der Waals surface area contributed by atoms with E-state index in [1.807, 2.05) is 35.9 Å². The molecule has 2 aliphatic rings. The Balaban J connectivity index is 1.17. The molecule has 10 nitrogen and oxygen atoms in total. The molecule has 0 amide bonds. The highest BCUT2D eigenvalue weighted by atomic mass is 16.5. The summed E-state index contributed by atoms with van der Waals surface area (Å²) in [6.07, 6.45) is 5.14. The van der Waals surface area contributed by atoms with E-state index in [-0.39, 0.29) is 23.7 Å². The number of hydrogen-bond donors (Lipinski definition) is 1. The summed E-state index contributed by atoms with van der Waals surface area (Å²) in [5.74, 6) is 0.640. The molecule has 170 valence electrons. The van der Waals surface area contributed by atoms with Crippen molar-refractivity contribution in [1.29, 1.82) is 0 Å². The molecular formula is C23H25N7O3. The molecule has 5 heterocycles. The number of hydrogen-bond acceptors (Lipinski definition) is 8. The zero-order chi connectivity index (χ0) is 22.4. The SMILES string of the molecule is CC(c1nc2c(cnn2C2CCOCC2)c(=O)[nH]1)N1CC(Oc2ncc3ccccc3n2)C1. The number of aromatic amines is 1. The molecule has 3 aromatic heterocycles. The summed E-state index contributed by atoms with van der Waals surface area (Å²) in [5, 5.41) is 5.98. The number of ether oxygens (including phenoxy) is 2. The molecule has 0 saturated carbocycles. The van der Waals surface area contributed by atoms with Gasteiger partial charge in [0.2, 0.25) is 0 Å². The van der Waals surface area contributed by atoms with E-state index in [1.165, 1.54) is 0 Å². The van der Waals surface area contributed by atoms with Gasteiger partial charge in [0.25, 0.3) is 5.56 Å². The van der Waals surface area contributed by atoms with Crippen molar-refractivity contribution in [1.82, 2.24) is 34.6 Å². The number of rotatable bonds is 5. The van der Waals surface area contributed by atoms with Gasteiger partial charge in [-0.25, -0.2) is 14.6 Å². The van der Waals surface area contributed by atoms with E-state index in [4.69, 9.17) is 14.5 Å². The summed E-state index contributed by atoms with van der Waals surface area (Å²) < 4.78 is 13.3. The second-order valence-corrected chi connectivity index (χ2v) is 8.70. The van der Waals surface area contributed by atoms with Gasteiger partial charge in [-0.3, -0.25) is 9.69 Å². The van der Waals surface area contributed by atoms with Crippen molar-refractivity contribution in [2.75, 3.05) is 26.3 Å². The normalized spacial score (nSPS) is 19.1. The van der Waals surface area contributed by atoms with E-state index in [0.717, 1.165) is 23.7 Å². The van der Waals surface area contributed by atoms with Gasteiger partial charge in [-0.05, 0) is 25.8 Å². The summed E-state index contributed by atoms with van der Waals surface area (Å²) >= 11 is 0. The number of nitrogens with one attached hydrogen (secondary N) is 1. The second kappa shape index (κ2) is 8.20. The highest BCUT2D eigenvalue weighted by molar-refractivity contribution is 5.77. The Labute approximate surface area is 189 Å². The minimum absolute atomic E-state index is 0.00293. The van der Waals surface area contributed by atoms with Crippen LogP contribution in [0.3, 0.4) is 0 Å². The molecule has 1 aromatic carbocycles. The first-order chi connectivity index (χ1) is 16.2. The Morgan fingerprint density at radius 1 is 1.15 bits per heavy atom. The van der Waals surface area contributed by atoms with Gasteiger partial charge >= 0.3 is 6.01 Å². The first-order valence-corrected chi connectivity index (χ1v) is 11.3. The lowest BCUT2D eigenvalue weighted by molar-refractivity contribution is -0.0119. The molecule has 2 saturated heterocycles. The standard InChI is InChI=1S/C23H25N7O3/c1-14(29-12-17(13-29)33-23-24-10-15-4-2-3-5-19(15)26-23)20-27-21-18(22(31)28-20)11-25-30(21)16-6-8-32-9-7-16/h2-5,10-11,14,16-17H,6-9,12-13H2,1H3,(H,27,28,31). The van der Waals surface area contributed by atoms with Crippen molar-refractivity contribution < 1.29 is 9.47 Å². The Hall–Kier alpha value is -3.37. The maximum atomic E-state index is 12.7. The van der Waals surface area contributed by atoms with Crippen LogP contribution in [0.5, 0.6) is 6.01 Å². The van der Waals surface area contributed by atoms with E-state index >= 15 is 0 Å². The van der Waals surface area contributed by atoms with Crippen LogP contribution >= 0.6 is 0 Å². The summed E-state index contributed by atoms with van der Waals surface area (Å²) in [7, 11) is 0. The smallest absolute Gasteiger partial charge is 0.317 e. The topological polar surface area (TPSA) is 111 Å².